The third kappa shape index (κ3) is 2.44. The SMILES string of the molecule is CC(C)c1nccc(N2C[C@@H]3OCCN(C)[C@@H]3C2)n1. The number of hydrogen-bond donors (Lipinski definition) is 0. The molecule has 19 heavy (non-hydrogen) atoms. The van der Waals surface area contributed by atoms with Gasteiger partial charge in [-0.15, -0.1) is 0 Å². The van der Waals surface area contributed by atoms with Crippen molar-refractivity contribution in [3.63, 3.8) is 0 Å². The fraction of sp³-hybridized carbons (Fsp3) is 0.714. The fourth-order valence-electron chi connectivity index (χ4n) is 2.86. The zero-order chi connectivity index (χ0) is 13.4. The summed E-state index contributed by atoms with van der Waals surface area (Å²) in [4.78, 5) is 13.7. The first kappa shape index (κ1) is 12.8. The van der Waals surface area contributed by atoms with Crippen LogP contribution in [-0.2, 0) is 4.74 Å². The van der Waals surface area contributed by atoms with Crippen LogP contribution < -0.4 is 4.90 Å². The number of anilines is 1. The van der Waals surface area contributed by atoms with Crippen molar-refractivity contribution in [1.82, 2.24) is 14.9 Å². The highest BCUT2D eigenvalue weighted by molar-refractivity contribution is 5.40. The van der Waals surface area contributed by atoms with Crippen LogP contribution in [0.15, 0.2) is 12.3 Å². The molecule has 3 rings (SSSR count). The van der Waals surface area contributed by atoms with Gasteiger partial charge in [0.15, 0.2) is 0 Å². The first-order valence-electron chi connectivity index (χ1n) is 7.05. The van der Waals surface area contributed by atoms with E-state index in [1.807, 2.05) is 12.3 Å². The average Bonchev–Trinajstić information content (AvgIpc) is 2.84. The largest absolute Gasteiger partial charge is 0.373 e. The molecule has 1 aromatic rings. The van der Waals surface area contributed by atoms with Gasteiger partial charge in [-0.3, -0.25) is 4.90 Å². The van der Waals surface area contributed by atoms with Gasteiger partial charge in [-0.25, -0.2) is 9.97 Å². The molecule has 0 amide bonds. The fourth-order valence-corrected chi connectivity index (χ4v) is 2.86. The van der Waals surface area contributed by atoms with Gasteiger partial charge in [-0.1, -0.05) is 13.8 Å². The number of rotatable bonds is 2. The summed E-state index contributed by atoms with van der Waals surface area (Å²) in [6, 6.07) is 2.50. The van der Waals surface area contributed by atoms with Crippen molar-refractivity contribution in [2.75, 3.05) is 38.2 Å². The van der Waals surface area contributed by atoms with Gasteiger partial charge in [0.05, 0.1) is 18.8 Å². The Balaban J connectivity index is 1.78. The molecular formula is C14H22N4O. The predicted molar refractivity (Wildman–Crippen MR) is 74.5 cm³/mol. The molecule has 5 heteroatoms. The molecular weight excluding hydrogens is 240 g/mol. The summed E-state index contributed by atoms with van der Waals surface area (Å²) in [5.74, 6) is 2.32. The molecule has 0 bridgehead atoms. The monoisotopic (exact) mass is 262 g/mol. The lowest BCUT2D eigenvalue weighted by Crippen LogP contribution is -2.48. The number of likely N-dealkylation sites (N-methyl/N-ethyl adjacent to an activating group) is 1. The Kier molecular flexibility index (Phi) is 3.41. The van der Waals surface area contributed by atoms with Gasteiger partial charge >= 0.3 is 0 Å². The highest BCUT2D eigenvalue weighted by Gasteiger charge is 2.39. The van der Waals surface area contributed by atoms with Crippen LogP contribution in [0.1, 0.15) is 25.6 Å². The van der Waals surface area contributed by atoms with Crippen LogP contribution in [-0.4, -0.2) is 60.3 Å². The second-order valence-electron chi connectivity index (χ2n) is 5.79. The quantitative estimate of drug-likeness (QED) is 0.799. The number of aromatic nitrogens is 2. The molecule has 0 aromatic carbocycles. The van der Waals surface area contributed by atoms with Crippen LogP contribution in [0.5, 0.6) is 0 Å². The van der Waals surface area contributed by atoms with E-state index in [0.717, 1.165) is 37.9 Å². The van der Waals surface area contributed by atoms with E-state index >= 15 is 0 Å². The van der Waals surface area contributed by atoms with E-state index in [4.69, 9.17) is 4.74 Å². The smallest absolute Gasteiger partial charge is 0.133 e. The molecule has 104 valence electrons. The van der Waals surface area contributed by atoms with E-state index in [1.165, 1.54) is 0 Å². The van der Waals surface area contributed by atoms with Crippen LogP contribution >= 0.6 is 0 Å². The molecule has 0 aliphatic carbocycles. The van der Waals surface area contributed by atoms with Crippen molar-refractivity contribution < 1.29 is 4.74 Å². The number of morpholine rings is 1. The number of hydrogen-bond acceptors (Lipinski definition) is 5. The number of ether oxygens (including phenoxy) is 1. The van der Waals surface area contributed by atoms with E-state index < -0.39 is 0 Å². The van der Waals surface area contributed by atoms with E-state index in [1.54, 1.807) is 0 Å². The van der Waals surface area contributed by atoms with Gasteiger partial charge in [0.25, 0.3) is 0 Å². The Morgan fingerprint density at radius 3 is 2.95 bits per heavy atom. The minimum absolute atomic E-state index is 0.316. The van der Waals surface area contributed by atoms with Gasteiger partial charge in [-0.05, 0) is 13.1 Å². The van der Waals surface area contributed by atoms with Crippen LogP contribution in [0.25, 0.3) is 0 Å². The highest BCUT2D eigenvalue weighted by atomic mass is 16.5. The molecule has 2 aliphatic heterocycles. The third-order valence-electron chi connectivity index (χ3n) is 4.08. The van der Waals surface area contributed by atoms with Crippen LogP contribution in [0.3, 0.4) is 0 Å². The van der Waals surface area contributed by atoms with Crippen molar-refractivity contribution in [2.24, 2.45) is 0 Å². The maximum absolute atomic E-state index is 5.87. The average molecular weight is 262 g/mol. The van der Waals surface area contributed by atoms with Gasteiger partial charge in [-0.2, -0.15) is 0 Å². The van der Waals surface area contributed by atoms with Crippen LogP contribution in [0.4, 0.5) is 5.82 Å². The molecule has 0 unspecified atom stereocenters. The minimum atomic E-state index is 0.316. The normalized spacial score (nSPS) is 27.9. The Labute approximate surface area is 114 Å². The molecule has 0 saturated carbocycles. The maximum Gasteiger partial charge on any atom is 0.133 e. The molecule has 0 radical (unpaired) electrons. The van der Waals surface area contributed by atoms with Gasteiger partial charge < -0.3 is 9.64 Å². The van der Waals surface area contributed by atoms with Crippen LogP contribution in [0.2, 0.25) is 0 Å². The second-order valence-corrected chi connectivity index (χ2v) is 5.79. The summed E-state index contributed by atoms with van der Waals surface area (Å²) in [6.07, 6.45) is 2.18. The zero-order valence-electron chi connectivity index (χ0n) is 11.9. The van der Waals surface area contributed by atoms with Crippen molar-refractivity contribution in [2.45, 2.75) is 31.9 Å². The van der Waals surface area contributed by atoms with Crippen LogP contribution in [0, 0.1) is 0 Å². The highest BCUT2D eigenvalue weighted by Crippen LogP contribution is 2.25. The standard InChI is InChI=1S/C14H22N4O/c1-10(2)14-15-5-4-13(16-14)18-8-11-12(9-18)19-7-6-17(11)3/h4-5,10-12H,6-9H2,1-3H3/t11-,12+/m1/s1. The van der Waals surface area contributed by atoms with E-state index in [-0.39, 0.29) is 0 Å². The predicted octanol–water partition coefficient (Wildman–Crippen LogP) is 1.12. The molecule has 2 aliphatic rings. The lowest BCUT2D eigenvalue weighted by molar-refractivity contribution is -0.0362. The summed E-state index contributed by atoms with van der Waals surface area (Å²) in [5.41, 5.74) is 0. The maximum atomic E-state index is 5.87. The molecule has 3 heterocycles. The molecule has 0 spiro atoms. The zero-order valence-corrected chi connectivity index (χ0v) is 11.9. The minimum Gasteiger partial charge on any atom is -0.373 e. The molecule has 0 N–H and O–H groups in total. The molecule has 1 aromatic heterocycles. The Hall–Kier alpha value is -1.20. The van der Waals surface area contributed by atoms with Crippen molar-refractivity contribution in [3.05, 3.63) is 18.1 Å². The topological polar surface area (TPSA) is 41.5 Å². The Morgan fingerprint density at radius 1 is 1.37 bits per heavy atom. The summed E-state index contributed by atoms with van der Waals surface area (Å²) in [5, 5.41) is 0. The van der Waals surface area contributed by atoms with E-state index in [2.05, 4.69) is 40.7 Å². The lowest BCUT2D eigenvalue weighted by Gasteiger charge is -2.33. The van der Waals surface area contributed by atoms with E-state index in [9.17, 15) is 0 Å². The summed E-state index contributed by atoms with van der Waals surface area (Å²) < 4.78 is 5.87. The van der Waals surface area contributed by atoms with Crippen molar-refractivity contribution in [3.8, 4) is 0 Å². The summed E-state index contributed by atoms with van der Waals surface area (Å²) in [7, 11) is 2.18. The number of fused-ring (bicyclic) bond motifs is 1. The van der Waals surface area contributed by atoms with Gasteiger partial charge in [0, 0.05) is 31.7 Å². The van der Waals surface area contributed by atoms with E-state index in [0.29, 0.717) is 18.1 Å². The Morgan fingerprint density at radius 2 is 2.21 bits per heavy atom. The van der Waals surface area contributed by atoms with Crippen molar-refractivity contribution >= 4 is 5.82 Å². The first-order valence-corrected chi connectivity index (χ1v) is 7.05. The van der Waals surface area contributed by atoms with Gasteiger partial charge in [0.2, 0.25) is 0 Å². The first-order chi connectivity index (χ1) is 9.15. The Bertz CT molecular complexity index is 451. The molecule has 5 nitrogen and oxygen atoms in total. The van der Waals surface area contributed by atoms with Crippen molar-refractivity contribution in [1.29, 1.82) is 0 Å². The molecule has 2 saturated heterocycles. The molecule has 2 fully saturated rings. The second kappa shape index (κ2) is 5.06. The number of nitrogens with zero attached hydrogens (tertiary/aromatic N) is 4. The summed E-state index contributed by atoms with van der Waals surface area (Å²) >= 11 is 0. The summed E-state index contributed by atoms with van der Waals surface area (Å²) in [6.45, 7) is 8.04. The lowest BCUT2D eigenvalue weighted by atomic mass is 10.1. The third-order valence-corrected chi connectivity index (χ3v) is 4.08. The molecule has 2 atom stereocenters. The van der Waals surface area contributed by atoms with Gasteiger partial charge in [0.1, 0.15) is 11.6 Å².